The van der Waals surface area contributed by atoms with E-state index < -0.39 is 71.6 Å². The minimum Gasteiger partial charge on any atom is -0.459 e. The van der Waals surface area contributed by atoms with Gasteiger partial charge in [-0.15, -0.1) is 11.8 Å². The van der Waals surface area contributed by atoms with Crippen molar-refractivity contribution in [2.45, 2.75) is 120 Å². The summed E-state index contributed by atoms with van der Waals surface area (Å²) in [6.45, 7) is 9.27. The number of aromatic nitrogens is 2. The molecule has 3 aromatic rings. The molecule has 2 aliphatic heterocycles. The van der Waals surface area contributed by atoms with Crippen LogP contribution < -0.4 is 21.3 Å². The van der Waals surface area contributed by atoms with Gasteiger partial charge in [0.05, 0.1) is 18.2 Å². The number of aryl methyl sites for hydroxylation is 1. The van der Waals surface area contributed by atoms with Crippen LogP contribution in [0.1, 0.15) is 87.0 Å². The second-order valence-corrected chi connectivity index (χ2v) is 22.4. The summed E-state index contributed by atoms with van der Waals surface area (Å²) in [4.78, 5) is 84.8. The number of rotatable bonds is 21. The third kappa shape index (κ3) is 16.4. The number of ether oxygens (including phenoxy) is 6. The Labute approximate surface area is 424 Å². The Bertz CT molecular complexity index is 2470. The number of piperidine rings is 1. The lowest BCUT2D eigenvalue weighted by molar-refractivity contribution is -0.166. The van der Waals surface area contributed by atoms with Crippen molar-refractivity contribution in [3.05, 3.63) is 103 Å². The highest BCUT2D eigenvalue weighted by Gasteiger charge is 2.43. The summed E-state index contributed by atoms with van der Waals surface area (Å²) in [5.41, 5.74) is 8.06. The van der Waals surface area contributed by atoms with E-state index in [-0.39, 0.29) is 55.6 Å². The van der Waals surface area contributed by atoms with E-state index in [1.165, 1.54) is 51.0 Å². The molecule has 8 atom stereocenters. The fourth-order valence-corrected chi connectivity index (χ4v) is 11.5. The molecule has 2 aromatic carbocycles. The van der Waals surface area contributed by atoms with Gasteiger partial charge in [-0.3, -0.25) is 28.8 Å². The van der Waals surface area contributed by atoms with Crippen molar-refractivity contribution >= 4 is 57.5 Å². The van der Waals surface area contributed by atoms with Gasteiger partial charge in [0.2, 0.25) is 0 Å². The summed E-state index contributed by atoms with van der Waals surface area (Å²) in [7, 11) is 2.73. The predicted octanol–water partition coefficient (Wildman–Crippen LogP) is 7.34. The number of aromatic amines is 1. The maximum Gasteiger partial charge on any atom is 0.513 e. The Balaban J connectivity index is 0.940. The molecular formula is C48H63N7O13S3. The number of likely N-dealkylation sites (tertiary alicyclic amines) is 1. The number of benzene rings is 2. The zero-order valence-corrected chi connectivity index (χ0v) is 43.0. The van der Waals surface area contributed by atoms with Crippen LogP contribution in [-0.2, 0) is 28.5 Å². The third-order valence-electron chi connectivity index (χ3n) is 12.4. The maximum absolute atomic E-state index is 14.0. The average Bonchev–Trinajstić information content (AvgIpc) is 3.73. The molecule has 3 fully saturated rings. The molecule has 1 amide bonds. The Kier molecular flexibility index (Phi) is 20.6. The number of fused-ring (bicyclic) bond motifs is 1. The second-order valence-electron chi connectivity index (χ2n) is 18.6. The van der Waals surface area contributed by atoms with Gasteiger partial charge < -0.3 is 38.8 Å². The van der Waals surface area contributed by atoms with Gasteiger partial charge in [0, 0.05) is 69.5 Å². The number of amides is 1. The number of carbonyl (C=O) groups is 4. The van der Waals surface area contributed by atoms with Crippen LogP contribution in [0.25, 0.3) is 10.4 Å². The largest absolute Gasteiger partial charge is 0.513 e. The molecule has 71 heavy (non-hydrogen) atoms. The molecule has 1 saturated carbocycles. The second kappa shape index (κ2) is 26.5. The van der Waals surface area contributed by atoms with Crippen LogP contribution in [-0.4, -0.2) is 130 Å². The highest BCUT2D eigenvalue weighted by Crippen LogP contribution is 2.39. The first-order chi connectivity index (χ1) is 34.0. The zero-order chi connectivity index (χ0) is 51.1. The topological polar surface area (TPSA) is 263 Å². The Morgan fingerprint density at radius 3 is 2.37 bits per heavy atom. The van der Waals surface area contributed by atoms with Crippen LogP contribution in [0.15, 0.2) is 74.3 Å². The number of H-pyrrole nitrogens is 1. The molecule has 1 aromatic heterocycles. The molecule has 3 heterocycles. The molecule has 3 aliphatic rings. The quantitative estimate of drug-likeness (QED) is 0.0108. The van der Waals surface area contributed by atoms with E-state index in [2.05, 4.69) is 25.2 Å². The Morgan fingerprint density at radius 1 is 0.958 bits per heavy atom. The van der Waals surface area contributed by atoms with Gasteiger partial charge in [-0.25, -0.2) is 14.4 Å². The number of carbonyl (C=O) groups excluding carboxylic acids is 4. The molecule has 2 saturated heterocycles. The van der Waals surface area contributed by atoms with Crippen LogP contribution in [0.3, 0.4) is 0 Å². The molecule has 1 aliphatic carbocycles. The first-order valence-electron chi connectivity index (χ1n) is 23.6. The monoisotopic (exact) mass is 1040 g/mol. The Hall–Kier alpha value is -5.16. The zero-order valence-electron chi connectivity index (χ0n) is 40.5. The van der Waals surface area contributed by atoms with Gasteiger partial charge in [0.1, 0.15) is 49.5 Å². The van der Waals surface area contributed by atoms with E-state index in [9.17, 15) is 33.9 Å². The van der Waals surface area contributed by atoms with Crippen molar-refractivity contribution in [1.29, 1.82) is 0 Å². The number of hydrogen-bond acceptors (Lipinski definition) is 18. The van der Waals surface area contributed by atoms with Crippen molar-refractivity contribution in [2.24, 2.45) is 17.0 Å². The summed E-state index contributed by atoms with van der Waals surface area (Å²) in [5, 5.41) is 18.7. The fraction of sp³-hybridized carbons (Fsp3) is 0.583. The highest BCUT2D eigenvalue weighted by atomic mass is 33.1. The van der Waals surface area contributed by atoms with Crippen molar-refractivity contribution in [3.63, 3.8) is 0 Å². The van der Waals surface area contributed by atoms with Gasteiger partial charge in [-0.2, -0.15) is 0 Å². The number of thioether (sulfide) groups is 1. The lowest BCUT2D eigenvalue weighted by Gasteiger charge is -2.46. The number of nitrogens with one attached hydrogen (secondary N) is 2. The van der Waals surface area contributed by atoms with Gasteiger partial charge in [0.15, 0.2) is 0 Å². The minimum absolute atomic E-state index is 0.00193. The molecule has 3 N–H and O–H groups in total. The molecule has 0 spiro atoms. The van der Waals surface area contributed by atoms with Crippen molar-refractivity contribution in [3.8, 4) is 5.75 Å². The van der Waals surface area contributed by atoms with Crippen LogP contribution in [0.2, 0.25) is 0 Å². The van der Waals surface area contributed by atoms with Crippen LogP contribution in [0.4, 0.5) is 9.59 Å². The standard InChI is InChI=1S/C48H63N7O13S3/c1-29-24-55(45(60)51-42(29)57)41-23-35(52-53-49)40(66-41)27-65-46(61)63-18-20-70-71-21-19-64-47(62)67-39-17-11-16-34(30(39)2)43(58)50-36(28-69-33-14-7-6-8-15-33)38(56)26-54-25-32-13-10-9-12-31(32)22-37(54)44(59)68-48(3,4)5/h6-8,11,14-17,24,31-32,35-38,40-41,56H,9-10,12-13,18-23,25-28H2,1-5H3,(H,50,58)(H,51,57,60)/t31-,32+,35+,36-,37-,38+,40+,41+/m0/s1. The van der Waals surface area contributed by atoms with Gasteiger partial charge in [-0.05, 0) is 89.1 Å². The van der Waals surface area contributed by atoms with E-state index in [0.717, 1.165) is 30.6 Å². The minimum atomic E-state index is -1.04. The number of aliphatic hydroxyl groups is 1. The molecule has 0 unspecified atom stereocenters. The number of β-amino-alcohol motifs (C(OH)–C–C–N with tert-alkyl or cyclic N) is 1. The number of esters is 1. The van der Waals surface area contributed by atoms with E-state index in [0.29, 0.717) is 47.6 Å². The van der Waals surface area contributed by atoms with Gasteiger partial charge >= 0.3 is 24.0 Å². The summed E-state index contributed by atoms with van der Waals surface area (Å²) in [5.74, 6) is 1.32. The van der Waals surface area contributed by atoms with Crippen LogP contribution >= 0.6 is 33.3 Å². The number of aliphatic hydroxyl groups excluding tert-OH is 1. The van der Waals surface area contributed by atoms with Crippen LogP contribution in [0.5, 0.6) is 5.75 Å². The maximum atomic E-state index is 14.0. The van der Waals surface area contributed by atoms with Gasteiger partial charge in [0.25, 0.3) is 11.5 Å². The molecule has 386 valence electrons. The summed E-state index contributed by atoms with van der Waals surface area (Å²) < 4.78 is 34.0. The summed E-state index contributed by atoms with van der Waals surface area (Å²) in [6.07, 6.45) is 1.88. The molecule has 23 heteroatoms. The first kappa shape index (κ1) is 55.2. The number of hydrogen-bond donors (Lipinski definition) is 3. The van der Waals surface area contributed by atoms with Crippen molar-refractivity contribution in [1.82, 2.24) is 19.8 Å². The van der Waals surface area contributed by atoms with E-state index in [4.69, 9.17) is 34.0 Å². The smallest absolute Gasteiger partial charge is 0.459 e. The van der Waals surface area contributed by atoms with Crippen LogP contribution in [0, 0.1) is 25.7 Å². The van der Waals surface area contributed by atoms with Crippen molar-refractivity contribution < 1.29 is 52.7 Å². The van der Waals surface area contributed by atoms with E-state index in [1.54, 1.807) is 25.1 Å². The normalized spacial score (nSPS) is 21.9. The predicted molar refractivity (Wildman–Crippen MR) is 269 cm³/mol. The summed E-state index contributed by atoms with van der Waals surface area (Å²) >= 11 is 1.50. The molecule has 6 rings (SSSR count). The highest BCUT2D eigenvalue weighted by molar-refractivity contribution is 8.76. The van der Waals surface area contributed by atoms with E-state index in [1.807, 2.05) is 51.1 Å². The van der Waals surface area contributed by atoms with Crippen molar-refractivity contribution in [2.75, 3.05) is 50.2 Å². The lowest BCUT2D eigenvalue weighted by Crippen LogP contribution is -2.58. The molecule has 0 radical (unpaired) electrons. The fourth-order valence-electron chi connectivity index (χ4n) is 8.82. The average molecular weight is 1040 g/mol. The first-order valence-corrected chi connectivity index (χ1v) is 27.1. The van der Waals surface area contributed by atoms with E-state index >= 15 is 0 Å². The molecular weight excluding hydrogens is 979 g/mol. The number of azide groups is 1. The SMILES string of the molecule is Cc1c(OC(=O)OCCSSCCOC(=O)OC[C@H]2O[C@@H](n3cc(C)c(=O)[nH]c3=O)C[C@H]2N=[N+]=[N-])cccc1C(=O)N[C@@H](CSc1ccccc1)[C@H](O)CN1C[C@H]2CCCC[C@H]2C[C@H]1C(=O)OC(C)(C)C. The Morgan fingerprint density at radius 2 is 1.66 bits per heavy atom. The summed E-state index contributed by atoms with van der Waals surface area (Å²) in [6, 6.07) is 12.5. The molecule has 20 nitrogen and oxygen atoms in total. The third-order valence-corrected chi connectivity index (χ3v) is 15.8. The van der Waals surface area contributed by atoms with Gasteiger partial charge in [-0.1, -0.05) is 70.2 Å². The lowest BCUT2D eigenvalue weighted by atomic mass is 9.73. The molecule has 0 bridgehead atoms. The number of nitrogens with zero attached hydrogens (tertiary/aromatic N) is 5.